The summed E-state index contributed by atoms with van der Waals surface area (Å²) in [6.07, 6.45) is 7.73. The quantitative estimate of drug-likeness (QED) is 0.0879. The van der Waals surface area contributed by atoms with E-state index in [2.05, 4.69) is 29.6 Å². The third-order valence-electron chi connectivity index (χ3n) is 11.2. The van der Waals surface area contributed by atoms with Crippen molar-refractivity contribution < 1.29 is 31.5 Å². The van der Waals surface area contributed by atoms with Gasteiger partial charge in [-0.2, -0.15) is 0 Å². The predicted molar refractivity (Wildman–Crippen MR) is 258 cm³/mol. The lowest BCUT2D eigenvalue weighted by molar-refractivity contribution is -0.118. The highest BCUT2D eigenvalue weighted by atomic mass is 35.5. The highest BCUT2D eigenvalue weighted by Gasteiger charge is 2.38. The molecular formula is C44H44Cl2N8O7S4. The molecule has 340 valence electrons. The summed E-state index contributed by atoms with van der Waals surface area (Å²) in [6, 6.07) is 23.0. The number of nitrogens with one attached hydrogen (secondary N) is 3. The molecule has 5 heterocycles. The molecule has 6 aromatic rings. The molecule has 9 rings (SSSR count). The maximum absolute atomic E-state index is 13.3. The summed E-state index contributed by atoms with van der Waals surface area (Å²) in [5.74, 6) is -0.243. The van der Waals surface area contributed by atoms with Crippen LogP contribution in [-0.2, 0) is 42.5 Å². The molecule has 4 aromatic carbocycles. The molecule has 3 aliphatic heterocycles. The molecule has 1 fully saturated rings. The number of hydrogen-bond acceptors (Lipinski definition) is 13. The number of aliphatic hydroxyl groups excluding tert-OH is 1. The van der Waals surface area contributed by atoms with Crippen molar-refractivity contribution in [3.05, 3.63) is 129 Å². The van der Waals surface area contributed by atoms with Gasteiger partial charge in [-0.1, -0.05) is 23.2 Å². The van der Waals surface area contributed by atoms with E-state index in [0.29, 0.717) is 46.1 Å². The number of rotatable bonds is 13. The average molecular weight is 996 g/mol. The monoisotopic (exact) mass is 994 g/mol. The highest BCUT2D eigenvalue weighted by molar-refractivity contribution is 7.93. The number of aliphatic hydroxyl groups is 1. The number of amides is 2. The van der Waals surface area contributed by atoms with Crippen LogP contribution in [-0.4, -0.2) is 82.0 Å². The Morgan fingerprint density at radius 1 is 0.754 bits per heavy atom. The van der Waals surface area contributed by atoms with Crippen LogP contribution in [0.5, 0.6) is 0 Å². The molecule has 4 N–H and O–H groups in total. The first-order valence-corrected chi connectivity index (χ1v) is 26.2. The molecule has 15 nitrogen and oxygen atoms in total. The van der Waals surface area contributed by atoms with Crippen LogP contribution in [0.1, 0.15) is 36.8 Å². The Morgan fingerprint density at radius 3 is 1.88 bits per heavy atom. The summed E-state index contributed by atoms with van der Waals surface area (Å²) < 4.78 is 55.0. The van der Waals surface area contributed by atoms with E-state index in [1.54, 1.807) is 33.9 Å². The molecule has 2 aromatic heterocycles. The molecule has 0 saturated carbocycles. The summed E-state index contributed by atoms with van der Waals surface area (Å²) in [5, 5.41) is 17.8. The standard InChI is InChI=1S/C22H23ClN4O4S2.C22H21ClN4O3S2/c23-16-3-8-19-15(14-16)2-1-11-27(19)20(9-12-28)21(29)25-17-4-6-18(7-5-17)33(30,31)26-22-24-10-13-32-22;23-16-3-8-19-15(14-16)2-1-11-27(19)20-9-12-26(21(20)28)17-4-6-18(7-5-17)32(29,30)25-22-24-10-13-31-22/h3-8,10,13-14,20,28H,1-2,9,11-12H2,(H,24,26)(H,25,29);3-8,10,13-14,20H,1-2,9,11-12H2,(H,24,25)/t2*20-/m00/s1. The molecule has 0 spiro atoms. The van der Waals surface area contributed by atoms with Crippen LogP contribution in [0.2, 0.25) is 10.0 Å². The van der Waals surface area contributed by atoms with Crippen LogP contribution >= 0.6 is 45.9 Å². The fourth-order valence-electron chi connectivity index (χ4n) is 8.24. The molecule has 0 aliphatic carbocycles. The molecule has 0 radical (unpaired) electrons. The number of nitrogens with zero attached hydrogens (tertiary/aromatic N) is 5. The number of halogens is 2. The molecule has 21 heteroatoms. The smallest absolute Gasteiger partial charge is 0.263 e. The second-order valence-corrected chi connectivity index (χ2v) is 21.4. The normalized spacial score (nSPS) is 16.5. The molecule has 1 saturated heterocycles. The van der Waals surface area contributed by atoms with Crippen LogP contribution in [0.3, 0.4) is 0 Å². The zero-order valence-electron chi connectivity index (χ0n) is 34.6. The number of hydrogen-bond donors (Lipinski definition) is 4. The molecule has 0 bridgehead atoms. The van der Waals surface area contributed by atoms with E-state index < -0.39 is 26.1 Å². The van der Waals surface area contributed by atoms with Gasteiger partial charge in [-0.3, -0.25) is 19.0 Å². The van der Waals surface area contributed by atoms with Crippen molar-refractivity contribution in [2.24, 2.45) is 0 Å². The van der Waals surface area contributed by atoms with Gasteiger partial charge in [0.1, 0.15) is 12.1 Å². The van der Waals surface area contributed by atoms with Gasteiger partial charge in [-0.15, -0.1) is 22.7 Å². The van der Waals surface area contributed by atoms with Gasteiger partial charge in [-0.05, 0) is 135 Å². The lowest BCUT2D eigenvalue weighted by atomic mass is 9.98. The van der Waals surface area contributed by atoms with Crippen molar-refractivity contribution in [3.8, 4) is 0 Å². The summed E-state index contributed by atoms with van der Waals surface area (Å²) in [7, 11) is -7.50. The molecule has 3 aliphatic rings. The lowest BCUT2D eigenvalue weighted by Crippen LogP contribution is -2.47. The number of carbonyl (C=O) groups excluding carboxylic acids is 2. The number of fused-ring (bicyclic) bond motifs is 2. The molecular weight excluding hydrogens is 952 g/mol. The minimum absolute atomic E-state index is 0.0318. The van der Waals surface area contributed by atoms with Crippen LogP contribution in [0.4, 0.5) is 33.0 Å². The Labute approximate surface area is 395 Å². The Balaban J connectivity index is 0.000000177. The Morgan fingerprint density at radius 2 is 1.31 bits per heavy atom. The number of thiazole rings is 2. The number of aromatic nitrogens is 2. The summed E-state index contributed by atoms with van der Waals surface area (Å²) in [6.45, 7) is 1.97. The van der Waals surface area contributed by atoms with Crippen LogP contribution in [0, 0.1) is 0 Å². The van der Waals surface area contributed by atoms with E-state index >= 15 is 0 Å². The van der Waals surface area contributed by atoms with E-state index in [-0.39, 0.29) is 45.8 Å². The van der Waals surface area contributed by atoms with Gasteiger partial charge in [-0.25, -0.2) is 26.8 Å². The first-order chi connectivity index (χ1) is 31.3. The van der Waals surface area contributed by atoms with E-state index in [9.17, 15) is 31.5 Å². The van der Waals surface area contributed by atoms with Crippen molar-refractivity contribution in [1.82, 2.24) is 9.97 Å². The topological polar surface area (TPSA) is 194 Å². The predicted octanol–water partition coefficient (Wildman–Crippen LogP) is 7.90. The minimum atomic E-state index is -3.77. The van der Waals surface area contributed by atoms with Gasteiger partial charge >= 0.3 is 0 Å². The van der Waals surface area contributed by atoms with Crippen LogP contribution in [0.15, 0.2) is 118 Å². The summed E-state index contributed by atoms with van der Waals surface area (Å²) >= 11 is 14.7. The summed E-state index contributed by atoms with van der Waals surface area (Å²) in [4.78, 5) is 40.4. The Hall–Kier alpha value is -5.28. The second-order valence-electron chi connectivity index (χ2n) is 15.4. The largest absolute Gasteiger partial charge is 0.396 e. The van der Waals surface area contributed by atoms with Crippen molar-refractivity contribution in [1.29, 1.82) is 0 Å². The first-order valence-electron chi connectivity index (χ1n) is 20.7. The van der Waals surface area contributed by atoms with Gasteiger partial charge in [0.2, 0.25) is 11.8 Å². The van der Waals surface area contributed by atoms with Crippen molar-refractivity contribution >= 4 is 111 Å². The van der Waals surface area contributed by atoms with Gasteiger partial charge in [0.25, 0.3) is 20.0 Å². The minimum Gasteiger partial charge on any atom is -0.396 e. The molecule has 2 amide bonds. The first kappa shape index (κ1) is 46.3. The SMILES string of the molecule is O=C(Nc1ccc(S(=O)(=O)Nc2nccs2)cc1)[C@H](CCO)N1CCCc2cc(Cl)ccc21.O=C1[C@@H](N2CCCc3cc(Cl)ccc32)CCN1c1ccc(S(=O)(=O)Nc2nccs2)cc1. The van der Waals surface area contributed by atoms with Gasteiger partial charge in [0.15, 0.2) is 10.3 Å². The number of anilines is 6. The number of carbonyl (C=O) groups is 2. The Bertz CT molecular complexity index is 2850. The number of sulfonamides is 2. The number of benzene rings is 4. The maximum atomic E-state index is 13.3. The third kappa shape index (κ3) is 10.7. The zero-order chi connectivity index (χ0) is 45.7. The maximum Gasteiger partial charge on any atom is 0.263 e. The summed E-state index contributed by atoms with van der Waals surface area (Å²) in [5.41, 5.74) is 5.43. The van der Waals surface area contributed by atoms with E-state index in [0.717, 1.165) is 49.2 Å². The van der Waals surface area contributed by atoms with Gasteiger partial charge < -0.3 is 25.1 Å². The average Bonchev–Trinajstić information content (AvgIpc) is 4.09. The van der Waals surface area contributed by atoms with E-state index in [1.165, 1.54) is 77.0 Å². The van der Waals surface area contributed by atoms with Crippen molar-refractivity contribution in [2.45, 2.75) is 60.4 Å². The molecule has 65 heavy (non-hydrogen) atoms. The third-order valence-corrected chi connectivity index (χ3v) is 16.0. The molecule has 2 atom stereocenters. The van der Waals surface area contributed by atoms with Gasteiger partial charge in [0, 0.05) is 82.2 Å². The van der Waals surface area contributed by atoms with Crippen molar-refractivity contribution in [3.63, 3.8) is 0 Å². The zero-order valence-corrected chi connectivity index (χ0v) is 39.4. The highest BCUT2D eigenvalue weighted by Crippen LogP contribution is 2.36. The number of aryl methyl sites for hydroxylation is 2. The Kier molecular flexibility index (Phi) is 14.3. The van der Waals surface area contributed by atoms with Crippen LogP contribution < -0.4 is 29.5 Å². The fraction of sp³-hybridized carbons (Fsp3) is 0.273. The van der Waals surface area contributed by atoms with Crippen LogP contribution in [0.25, 0.3) is 0 Å². The lowest BCUT2D eigenvalue weighted by Gasteiger charge is -2.37. The van der Waals surface area contributed by atoms with Crippen molar-refractivity contribution in [2.75, 3.05) is 55.7 Å². The van der Waals surface area contributed by atoms with E-state index in [1.807, 2.05) is 35.2 Å². The second kappa shape index (κ2) is 20.1. The van der Waals surface area contributed by atoms with E-state index in [4.69, 9.17) is 23.2 Å². The molecule has 0 unspecified atom stereocenters. The fourth-order valence-corrected chi connectivity index (χ4v) is 12.2. The van der Waals surface area contributed by atoms with Gasteiger partial charge in [0.05, 0.1) is 9.79 Å².